The van der Waals surface area contributed by atoms with Crippen molar-refractivity contribution in [3.63, 3.8) is 0 Å². The number of nitrogens with one attached hydrogen (secondary N) is 1. The number of rotatable bonds is 8. The van der Waals surface area contributed by atoms with Crippen molar-refractivity contribution in [1.29, 1.82) is 0 Å². The molecule has 0 spiro atoms. The van der Waals surface area contributed by atoms with Crippen molar-refractivity contribution in [2.45, 2.75) is 33.2 Å². The number of nitrogens with zero attached hydrogens (tertiary/aromatic N) is 3. The van der Waals surface area contributed by atoms with E-state index in [1.807, 2.05) is 17.0 Å². The van der Waals surface area contributed by atoms with Gasteiger partial charge in [0.2, 0.25) is 0 Å². The number of carbonyl (C=O) groups is 2. The second kappa shape index (κ2) is 12.4. The highest BCUT2D eigenvalue weighted by molar-refractivity contribution is 5.74. The van der Waals surface area contributed by atoms with Crippen LogP contribution in [0.3, 0.4) is 0 Å². The van der Waals surface area contributed by atoms with Crippen molar-refractivity contribution in [2.75, 3.05) is 39.3 Å². The van der Waals surface area contributed by atoms with Gasteiger partial charge >= 0.3 is 6.03 Å². The van der Waals surface area contributed by atoms with E-state index >= 15 is 0 Å². The normalized spacial score (nSPS) is 16.8. The van der Waals surface area contributed by atoms with Crippen molar-refractivity contribution in [3.8, 4) is 0 Å². The maximum Gasteiger partial charge on any atom is 0.317 e. The SMILES string of the molecule is CCN1CCC(CN(CC)C(=O)NCCCn2cccc2)C1.O=CO. The van der Waals surface area contributed by atoms with Crippen LogP contribution in [0.15, 0.2) is 24.5 Å². The Morgan fingerprint density at radius 3 is 2.60 bits per heavy atom. The van der Waals surface area contributed by atoms with E-state index in [1.165, 1.54) is 13.0 Å². The summed E-state index contributed by atoms with van der Waals surface area (Å²) in [7, 11) is 0. The number of likely N-dealkylation sites (tertiary alicyclic amines) is 1. The summed E-state index contributed by atoms with van der Waals surface area (Å²) in [5.74, 6) is 0.630. The van der Waals surface area contributed by atoms with E-state index in [-0.39, 0.29) is 12.5 Å². The van der Waals surface area contributed by atoms with Crippen LogP contribution in [0.4, 0.5) is 4.79 Å². The zero-order chi connectivity index (χ0) is 18.5. The van der Waals surface area contributed by atoms with E-state index < -0.39 is 0 Å². The average Bonchev–Trinajstić information content (AvgIpc) is 3.28. The third-order valence-corrected chi connectivity index (χ3v) is 4.50. The van der Waals surface area contributed by atoms with Crippen molar-refractivity contribution < 1.29 is 14.7 Å². The van der Waals surface area contributed by atoms with Crippen molar-refractivity contribution in [2.24, 2.45) is 5.92 Å². The van der Waals surface area contributed by atoms with Gasteiger partial charge in [-0.3, -0.25) is 4.79 Å². The summed E-state index contributed by atoms with van der Waals surface area (Å²) >= 11 is 0. The van der Waals surface area contributed by atoms with Crippen LogP contribution in [-0.2, 0) is 11.3 Å². The fourth-order valence-electron chi connectivity index (χ4n) is 3.10. The van der Waals surface area contributed by atoms with Crippen LogP contribution in [0.5, 0.6) is 0 Å². The van der Waals surface area contributed by atoms with Gasteiger partial charge in [-0.05, 0) is 50.9 Å². The summed E-state index contributed by atoms with van der Waals surface area (Å²) < 4.78 is 2.14. The second-order valence-electron chi connectivity index (χ2n) is 6.20. The maximum absolute atomic E-state index is 12.3. The molecule has 1 saturated heterocycles. The number of carboxylic acid groups (broad SMARTS) is 1. The Balaban J connectivity index is 0.000000970. The Kier molecular flexibility index (Phi) is 10.4. The van der Waals surface area contributed by atoms with Crippen LogP contribution in [0.2, 0.25) is 0 Å². The molecule has 1 aliphatic rings. The first-order chi connectivity index (χ1) is 12.1. The molecule has 7 nitrogen and oxygen atoms in total. The molecule has 7 heteroatoms. The molecular formula is C18H32N4O3. The first kappa shape index (κ1) is 21.0. The van der Waals surface area contributed by atoms with E-state index in [9.17, 15) is 4.79 Å². The molecule has 1 aromatic rings. The molecule has 0 aromatic carbocycles. The first-order valence-electron chi connectivity index (χ1n) is 9.08. The molecule has 1 fully saturated rings. The molecule has 1 atom stereocenters. The Morgan fingerprint density at radius 2 is 2.04 bits per heavy atom. The zero-order valence-corrected chi connectivity index (χ0v) is 15.4. The smallest absolute Gasteiger partial charge is 0.317 e. The number of aromatic nitrogens is 1. The molecular weight excluding hydrogens is 320 g/mol. The first-order valence-corrected chi connectivity index (χ1v) is 9.08. The van der Waals surface area contributed by atoms with Gasteiger partial charge in [0.1, 0.15) is 0 Å². The average molecular weight is 352 g/mol. The number of carbonyl (C=O) groups excluding carboxylic acids is 1. The van der Waals surface area contributed by atoms with E-state index in [4.69, 9.17) is 9.90 Å². The van der Waals surface area contributed by atoms with Gasteiger partial charge in [0.15, 0.2) is 0 Å². The summed E-state index contributed by atoms with van der Waals surface area (Å²) in [5, 5.41) is 9.94. The lowest BCUT2D eigenvalue weighted by molar-refractivity contribution is -0.122. The van der Waals surface area contributed by atoms with Crippen LogP contribution >= 0.6 is 0 Å². The number of hydrogen-bond acceptors (Lipinski definition) is 3. The summed E-state index contributed by atoms with van der Waals surface area (Å²) in [6, 6.07) is 4.14. The highest BCUT2D eigenvalue weighted by atomic mass is 16.3. The molecule has 25 heavy (non-hydrogen) atoms. The lowest BCUT2D eigenvalue weighted by atomic mass is 10.1. The van der Waals surface area contributed by atoms with Gasteiger partial charge in [-0.25, -0.2) is 4.79 Å². The Hall–Kier alpha value is -2.02. The second-order valence-corrected chi connectivity index (χ2v) is 6.20. The van der Waals surface area contributed by atoms with Crippen LogP contribution in [0.1, 0.15) is 26.7 Å². The van der Waals surface area contributed by atoms with Gasteiger partial charge in [-0.1, -0.05) is 6.92 Å². The summed E-state index contributed by atoms with van der Waals surface area (Å²) in [6.45, 7) is 10.8. The highest BCUT2D eigenvalue weighted by Crippen LogP contribution is 2.17. The zero-order valence-electron chi connectivity index (χ0n) is 15.4. The monoisotopic (exact) mass is 352 g/mol. The molecule has 2 N–H and O–H groups in total. The minimum atomic E-state index is -0.250. The van der Waals surface area contributed by atoms with Gasteiger partial charge < -0.3 is 24.8 Å². The molecule has 1 unspecified atom stereocenters. The fraction of sp³-hybridized carbons (Fsp3) is 0.667. The van der Waals surface area contributed by atoms with Gasteiger partial charge in [0, 0.05) is 45.1 Å². The third-order valence-electron chi connectivity index (χ3n) is 4.50. The van der Waals surface area contributed by atoms with Gasteiger partial charge in [-0.15, -0.1) is 0 Å². The topological polar surface area (TPSA) is 77.8 Å². The van der Waals surface area contributed by atoms with E-state index in [0.29, 0.717) is 5.92 Å². The molecule has 0 bridgehead atoms. The molecule has 1 aromatic heterocycles. The fourth-order valence-corrected chi connectivity index (χ4v) is 3.10. The number of urea groups is 1. The largest absolute Gasteiger partial charge is 0.483 e. The van der Waals surface area contributed by atoms with Crippen LogP contribution in [0.25, 0.3) is 0 Å². The number of hydrogen-bond donors (Lipinski definition) is 2. The standard InChI is InChI=1S/C17H30N4O.CH2O2/c1-3-19-13-8-16(14-19)15-21(4-2)17(22)18-9-7-12-20-10-5-6-11-20;2-1-3/h5-6,10-11,16H,3-4,7-9,12-15H2,1-2H3,(H,18,22);1H,(H,2,3). The van der Waals surface area contributed by atoms with Gasteiger partial charge in [0.05, 0.1) is 0 Å². The number of amides is 2. The summed E-state index contributed by atoms with van der Waals surface area (Å²) in [4.78, 5) is 25.1. The number of aryl methyl sites for hydroxylation is 1. The van der Waals surface area contributed by atoms with Gasteiger partial charge in [-0.2, -0.15) is 0 Å². The minimum absolute atomic E-state index is 0.0879. The lowest BCUT2D eigenvalue weighted by Crippen LogP contribution is -2.43. The van der Waals surface area contributed by atoms with Crippen molar-refractivity contribution >= 4 is 12.5 Å². The van der Waals surface area contributed by atoms with Crippen molar-refractivity contribution in [1.82, 2.24) is 19.7 Å². The van der Waals surface area contributed by atoms with Crippen LogP contribution in [0, 0.1) is 5.92 Å². The Labute approximate surface area is 150 Å². The molecule has 2 heterocycles. The highest BCUT2D eigenvalue weighted by Gasteiger charge is 2.24. The molecule has 2 rings (SSSR count). The van der Waals surface area contributed by atoms with Crippen LogP contribution in [-0.4, -0.2) is 71.2 Å². The molecule has 0 aliphatic carbocycles. The van der Waals surface area contributed by atoms with Gasteiger partial charge in [0.25, 0.3) is 6.47 Å². The van der Waals surface area contributed by atoms with Crippen molar-refractivity contribution in [3.05, 3.63) is 24.5 Å². The predicted octanol–water partition coefficient (Wildman–Crippen LogP) is 1.95. The lowest BCUT2D eigenvalue weighted by Gasteiger charge is -2.25. The predicted molar refractivity (Wildman–Crippen MR) is 98.6 cm³/mol. The quantitative estimate of drug-likeness (QED) is 0.554. The Bertz CT molecular complexity index is 479. The maximum atomic E-state index is 12.3. The summed E-state index contributed by atoms with van der Waals surface area (Å²) in [5.41, 5.74) is 0. The molecule has 0 saturated carbocycles. The minimum Gasteiger partial charge on any atom is -0.483 e. The summed E-state index contributed by atoms with van der Waals surface area (Å²) in [6.07, 6.45) is 6.29. The van der Waals surface area contributed by atoms with E-state index in [1.54, 1.807) is 0 Å². The molecule has 142 valence electrons. The molecule has 0 radical (unpaired) electrons. The molecule has 1 aliphatic heterocycles. The van der Waals surface area contributed by atoms with Crippen LogP contribution < -0.4 is 5.32 Å². The third kappa shape index (κ3) is 8.07. The van der Waals surface area contributed by atoms with E-state index in [0.717, 1.165) is 45.7 Å². The molecule has 2 amide bonds. The van der Waals surface area contributed by atoms with E-state index in [2.05, 4.69) is 41.0 Å². The Morgan fingerprint density at radius 1 is 1.36 bits per heavy atom.